The molecule has 0 aliphatic carbocycles. The van der Waals surface area contributed by atoms with Crippen molar-refractivity contribution in [3.63, 3.8) is 0 Å². The number of halogens is 1. The van der Waals surface area contributed by atoms with Gasteiger partial charge in [-0.2, -0.15) is 0 Å². The number of hydrogen-bond donors (Lipinski definition) is 2. The second-order valence-electron chi connectivity index (χ2n) is 5.94. The third-order valence-electron chi connectivity index (χ3n) is 4.18. The van der Waals surface area contributed by atoms with Crippen molar-refractivity contribution in [2.24, 2.45) is 0 Å². The molecule has 1 aliphatic heterocycles. The largest absolute Gasteiger partial charge is 0.353 e. The highest BCUT2D eigenvalue weighted by Gasteiger charge is 2.22. The van der Waals surface area contributed by atoms with E-state index in [1.54, 1.807) is 17.0 Å². The predicted molar refractivity (Wildman–Crippen MR) is 92.3 cm³/mol. The van der Waals surface area contributed by atoms with Crippen LogP contribution in [0.15, 0.2) is 54.6 Å². The first-order valence-electron chi connectivity index (χ1n) is 8.22. The van der Waals surface area contributed by atoms with E-state index in [2.05, 4.69) is 10.6 Å². The Bertz CT molecular complexity index is 734. The maximum absolute atomic E-state index is 13.2. The summed E-state index contributed by atoms with van der Waals surface area (Å²) in [6.07, 6.45) is 0. The molecule has 1 unspecified atom stereocenters. The van der Waals surface area contributed by atoms with Gasteiger partial charge in [0.2, 0.25) is 11.8 Å². The van der Waals surface area contributed by atoms with Crippen LogP contribution < -0.4 is 10.6 Å². The number of hydrogen-bond acceptors (Lipinski definition) is 3. The molecule has 25 heavy (non-hydrogen) atoms. The fraction of sp³-hybridized carbons (Fsp3) is 0.263. The highest BCUT2D eigenvalue weighted by molar-refractivity contribution is 5.86. The van der Waals surface area contributed by atoms with Crippen molar-refractivity contribution in [3.05, 3.63) is 71.5 Å². The van der Waals surface area contributed by atoms with Crippen LogP contribution in [0.1, 0.15) is 17.2 Å². The van der Waals surface area contributed by atoms with Crippen molar-refractivity contribution in [1.29, 1.82) is 0 Å². The van der Waals surface area contributed by atoms with Gasteiger partial charge in [0, 0.05) is 13.1 Å². The van der Waals surface area contributed by atoms with E-state index in [0.29, 0.717) is 13.1 Å². The normalized spacial score (nSPS) is 15.6. The molecule has 0 saturated carbocycles. The second-order valence-corrected chi connectivity index (χ2v) is 5.94. The van der Waals surface area contributed by atoms with Crippen LogP contribution in [0.3, 0.4) is 0 Å². The summed E-state index contributed by atoms with van der Waals surface area (Å²) in [5.74, 6) is -0.568. The van der Waals surface area contributed by atoms with Crippen LogP contribution >= 0.6 is 0 Å². The predicted octanol–water partition coefficient (Wildman–Crippen LogP) is 1.46. The second kappa shape index (κ2) is 7.90. The maximum Gasteiger partial charge on any atom is 0.239 e. The summed E-state index contributed by atoms with van der Waals surface area (Å²) in [5.41, 5.74) is 1.86. The third-order valence-corrected chi connectivity index (χ3v) is 4.18. The molecule has 1 saturated heterocycles. The molecule has 6 heteroatoms. The minimum absolute atomic E-state index is 0.0903. The Hall–Kier alpha value is -2.73. The molecular weight excluding hydrogens is 321 g/mol. The lowest BCUT2D eigenvalue weighted by molar-refractivity contribution is -0.137. The van der Waals surface area contributed by atoms with E-state index in [1.807, 2.05) is 30.3 Å². The van der Waals surface area contributed by atoms with Crippen molar-refractivity contribution in [1.82, 2.24) is 15.5 Å². The first-order chi connectivity index (χ1) is 12.1. The van der Waals surface area contributed by atoms with Gasteiger partial charge in [0.1, 0.15) is 5.82 Å². The fourth-order valence-corrected chi connectivity index (χ4v) is 2.88. The molecule has 0 radical (unpaired) electrons. The van der Waals surface area contributed by atoms with E-state index >= 15 is 0 Å². The lowest BCUT2D eigenvalue weighted by atomic mass is 9.98. The van der Waals surface area contributed by atoms with Gasteiger partial charge in [0.15, 0.2) is 0 Å². The lowest BCUT2D eigenvalue weighted by Gasteiger charge is -2.28. The SMILES string of the molecule is O=C1CN(C(=O)CNC(c2ccccc2)c2ccc(F)cc2)CCN1. The Kier molecular flexibility index (Phi) is 5.40. The molecule has 130 valence electrons. The van der Waals surface area contributed by atoms with Crippen molar-refractivity contribution in [3.8, 4) is 0 Å². The molecule has 1 heterocycles. The van der Waals surface area contributed by atoms with Crippen LogP contribution in [0.5, 0.6) is 0 Å². The summed E-state index contributed by atoms with van der Waals surface area (Å²) >= 11 is 0. The molecular formula is C19H20FN3O2. The topological polar surface area (TPSA) is 61.4 Å². The standard InChI is InChI=1S/C19H20FN3O2/c20-16-8-6-15(7-9-16)19(14-4-2-1-3-5-14)22-12-18(25)23-11-10-21-17(24)13-23/h1-9,19,22H,10-13H2,(H,21,24). The average Bonchev–Trinajstić information content (AvgIpc) is 2.64. The van der Waals surface area contributed by atoms with Gasteiger partial charge >= 0.3 is 0 Å². The van der Waals surface area contributed by atoms with E-state index in [9.17, 15) is 14.0 Å². The molecule has 0 bridgehead atoms. The number of benzene rings is 2. The van der Waals surface area contributed by atoms with Crippen molar-refractivity contribution >= 4 is 11.8 Å². The summed E-state index contributed by atoms with van der Waals surface area (Å²) in [6.45, 7) is 1.18. The summed E-state index contributed by atoms with van der Waals surface area (Å²) in [7, 11) is 0. The minimum atomic E-state index is -0.300. The van der Waals surface area contributed by atoms with Crippen LogP contribution in [0.4, 0.5) is 4.39 Å². The lowest BCUT2D eigenvalue weighted by Crippen LogP contribution is -2.52. The fourth-order valence-electron chi connectivity index (χ4n) is 2.88. The van der Waals surface area contributed by atoms with Crippen LogP contribution in [0, 0.1) is 5.82 Å². The first-order valence-corrected chi connectivity index (χ1v) is 8.22. The number of nitrogens with one attached hydrogen (secondary N) is 2. The van der Waals surface area contributed by atoms with Gasteiger partial charge in [-0.1, -0.05) is 42.5 Å². The Labute approximate surface area is 145 Å². The molecule has 2 amide bonds. The molecule has 3 rings (SSSR count). The van der Waals surface area contributed by atoms with E-state index in [-0.39, 0.29) is 36.8 Å². The molecule has 5 nitrogen and oxygen atoms in total. The van der Waals surface area contributed by atoms with E-state index in [1.165, 1.54) is 12.1 Å². The summed E-state index contributed by atoms with van der Waals surface area (Å²) < 4.78 is 13.2. The van der Waals surface area contributed by atoms with E-state index in [0.717, 1.165) is 11.1 Å². The molecule has 0 spiro atoms. The van der Waals surface area contributed by atoms with Crippen LogP contribution in [-0.2, 0) is 9.59 Å². The summed E-state index contributed by atoms with van der Waals surface area (Å²) in [5, 5.41) is 5.94. The quantitative estimate of drug-likeness (QED) is 0.866. The molecule has 1 atom stereocenters. The van der Waals surface area contributed by atoms with Gasteiger partial charge in [0.25, 0.3) is 0 Å². The maximum atomic E-state index is 13.2. The molecule has 2 N–H and O–H groups in total. The number of amides is 2. The minimum Gasteiger partial charge on any atom is -0.353 e. The Morgan fingerprint density at radius 1 is 1.12 bits per heavy atom. The number of nitrogens with zero attached hydrogens (tertiary/aromatic N) is 1. The van der Waals surface area contributed by atoms with Crippen molar-refractivity contribution in [2.45, 2.75) is 6.04 Å². The molecule has 1 aliphatic rings. The Morgan fingerprint density at radius 2 is 1.80 bits per heavy atom. The van der Waals surface area contributed by atoms with Crippen molar-refractivity contribution < 1.29 is 14.0 Å². The molecule has 2 aromatic carbocycles. The number of piperazine rings is 1. The zero-order valence-corrected chi connectivity index (χ0v) is 13.7. The highest BCUT2D eigenvalue weighted by atomic mass is 19.1. The average molecular weight is 341 g/mol. The molecule has 1 fully saturated rings. The van der Waals surface area contributed by atoms with Gasteiger partial charge in [-0.25, -0.2) is 4.39 Å². The van der Waals surface area contributed by atoms with Crippen molar-refractivity contribution in [2.75, 3.05) is 26.2 Å². The highest BCUT2D eigenvalue weighted by Crippen LogP contribution is 2.22. The van der Waals surface area contributed by atoms with E-state index < -0.39 is 0 Å². The van der Waals surface area contributed by atoms with E-state index in [4.69, 9.17) is 0 Å². The van der Waals surface area contributed by atoms with Crippen LogP contribution in [-0.4, -0.2) is 42.9 Å². The molecule has 2 aromatic rings. The molecule has 0 aromatic heterocycles. The zero-order chi connectivity index (χ0) is 17.6. The van der Waals surface area contributed by atoms with Gasteiger partial charge in [-0.15, -0.1) is 0 Å². The van der Waals surface area contributed by atoms with Gasteiger partial charge in [-0.3, -0.25) is 14.9 Å². The summed E-state index contributed by atoms with van der Waals surface area (Å²) in [6, 6.07) is 15.7. The number of carbonyl (C=O) groups is 2. The zero-order valence-electron chi connectivity index (χ0n) is 13.7. The first kappa shape index (κ1) is 17.1. The smallest absolute Gasteiger partial charge is 0.239 e. The van der Waals surface area contributed by atoms with Gasteiger partial charge in [-0.05, 0) is 23.3 Å². The van der Waals surface area contributed by atoms with Crippen LogP contribution in [0.2, 0.25) is 0 Å². The number of rotatable bonds is 5. The number of carbonyl (C=O) groups excluding carboxylic acids is 2. The van der Waals surface area contributed by atoms with Gasteiger partial charge < -0.3 is 10.2 Å². The Morgan fingerprint density at radius 3 is 2.48 bits per heavy atom. The monoisotopic (exact) mass is 341 g/mol. The summed E-state index contributed by atoms with van der Waals surface area (Å²) in [4.78, 5) is 25.4. The van der Waals surface area contributed by atoms with Gasteiger partial charge in [0.05, 0.1) is 19.1 Å². The van der Waals surface area contributed by atoms with Crippen LogP contribution in [0.25, 0.3) is 0 Å². The Balaban J connectivity index is 1.73. The third kappa shape index (κ3) is 4.42.